The van der Waals surface area contributed by atoms with Crippen molar-refractivity contribution in [3.05, 3.63) is 0 Å². The van der Waals surface area contributed by atoms with Crippen LogP contribution < -0.4 is 0 Å². The van der Waals surface area contributed by atoms with Crippen molar-refractivity contribution in [3.63, 3.8) is 0 Å². The van der Waals surface area contributed by atoms with Crippen LogP contribution in [0.3, 0.4) is 0 Å². The van der Waals surface area contributed by atoms with Crippen molar-refractivity contribution in [1.82, 2.24) is 0 Å². The van der Waals surface area contributed by atoms with E-state index in [2.05, 4.69) is 6.92 Å². The number of carbonyl (C=O) groups is 1. The number of carboxylic acid groups (broad SMARTS) is 1. The van der Waals surface area contributed by atoms with Gasteiger partial charge in [-0.1, -0.05) is 13.3 Å². The zero-order valence-electron chi connectivity index (χ0n) is 8.13. The summed E-state index contributed by atoms with van der Waals surface area (Å²) in [7, 11) is 0. The Bertz CT molecular complexity index is 184. The Morgan fingerprint density at radius 3 is 2.33 bits per heavy atom. The van der Waals surface area contributed by atoms with Gasteiger partial charge in [-0.2, -0.15) is 0 Å². The average molecular weight is 170 g/mol. The van der Waals surface area contributed by atoms with Crippen molar-refractivity contribution in [3.8, 4) is 0 Å². The molecule has 0 aliphatic heterocycles. The lowest BCUT2D eigenvalue weighted by Crippen LogP contribution is -2.31. The molecule has 1 N–H and O–H groups in total. The normalized spacial score (nSPS) is 30.6. The molecule has 1 rings (SSSR count). The zero-order valence-corrected chi connectivity index (χ0v) is 8.13. The molecular formula is C10H18O2. The number of aliphatic carboxylic acids is 1. The van der Waals surface area contributed by atoms with Crippen LogP contribution in [0.25, 0.3) is 0 Å². The fraction of sp³-hybridized carbons (Fsp3) is 0.900. The summed E-state index contributed by atoms with van der Waals surface area (Å²) >= 11 is 0. The van der Waals surface area contributed by atoms with E-state index in [1.807, 2.05) is 13.8 Å². The van der Waals surface area contributed by atoms with Crippen molar-refractivity contribution in [2.75, 3.05) is 0 Å². The third kappa shape index (κ3) is 1.62. The highest BCUT2D eigenvalue weighted by atomic mass is 16.4. The number of carboxylic acids is 1. The second-order valence-electron chi connectivity index (χ2n) is 4.64. The molecule has 0 saturated heterocycles. The van der Waals surface area contributed by atoms with Gasteiger partial charge in [0.15, 0.2) is 0 Å². The van der Waals surface area contributed by atoms with Gasteiger partial charge in [-0.3, -0.25) is 4.79 Å². The summed E-state index contributed by atoms with van der Waals surface area (Å²) in [5, 5.41) is 8.99. The van der Waals surface area contributed by atoms with Crippen LogP contribution in [0.4, 0.5) is 0 Å². The quantitative estimate of drug-likeness (QED) is 0.691. The van der Waals surface area contributed by atoms with Crippen LogP contribution in [0.15, 0.2) is 0 Å². The molecule has 1 saturated carbocycles. The molecule has 70 valence electrons. The molecule has 12 heavy (non-hydrogen) atoms. The predicted molar refractivity (Wildman–Crippen MR) is 47.9 cm³/mol. The standard InChI is InChI=1S/C10H18O2/c1-7-4-5-8(6-7)10(2,3)9(11)12/h7-8H,4-6H2,1-3H3,(H,11,12). The van der Waals surface area contributed by atoms with Crippen LogP contribution in [-0.2, 0) is 4.79 Å². The molecule has 0 spiro atoms. The minimum Gasteiger partial charge on any atom is -0.481 e. The molecule has 2 unspecified atom stereocenters. The minimum absolute atomic E-state index is 0.380. The van der Waals surface area contributed by atoms with E-state index >= 15 is 0 Å². The first-order chi connectivity index (χ1) is 5.44. The SMILES string of the molecule is CC1CCC(C(C)(C)C(=O)O)C1. The summed E-state index contributed by atoms with van der Waals surface area (Å²) < 4.78 is 0. The maximum Gasteiger partial charge on any atom is 0.309 e. The number of hydrogen-bond acceptors (Lipinski definition) is 1. The van der Waals surface area contributed by atoms with Gasteiger partial charge in [0, 0.05) is 0 Å². The van der Waals surface area contributed by atoms with Gasteiger partial charge in [0.2, 0.25) is 0 Å². The van der Waals surface area contributed by atoms with E-state index in [0.29, 0.717) is 11.8 Å². The number of hydrogen-bond donors (Lipinski definition) is 1. The lowest BCUT2D eigenvalue weighted by atomic mass is 9.77. The lowest BCUT2D eigenvalue weighted by Gasteiger charge is -2.26. The summed E-state index contributed by atoms with van der Waals surface area (Å²) in [6, 6.07) is 0. The predicted octanol–water partition coefficient (Wildman–Crippen LogP) is 2.53. The Morgan fingerprint density at radius 2 is 2.00 bits per heavy atom. The molecular weight excluding hydrogens is 152 g/mol. The summed E-state index contributed by atoms with van der Waals surface area (Å²) in [5.41, 5.74) is -0.523. The highest BCUT2D eigenvalue weighted by Gasteiger charge is 2.39. The van der Waals surface area contributed by atoms with Crippen LogP contribution in [-0.4, -0.2) is 11.1 Å². The highest BCUT2D eigenvalue weighted by Crippen LogP contribution is 2.42. The topological polar surface area (TPSA) is 37.3 Å². The van der Waals surface area contributed by atoms with Crippen molar-refractivity contribution in [1.29, 1.82) is 0 Å². The Balaban J connectivity index is 2.63. The second kappa shape index (κ2) is 3.08. The minimum atomic E-state index is -0.651. The van der Waals surface area contributed by atoms with Crippen LogP contribution in [0.5, 0.6) is 0 Å². The van der Waals surface area contributed by atoms with Crippen LogP contribution in [0.2, 0.25) is 0 Å². The summed E-state index contributed by atoms with van der Waals surface area (Å²) in [5.74, 6) is 0.445. The second-order valence-corrected chi connectivity index (χ2v) is 4.64. The third-order valence-electron chi connectivity index (χ3n) is 3.27. The first kappa shape index (κ1) is 9.56. The summed E-state index contributed by atoms with van der Waals surface area (Å²) in [6.45, 7) is 5.90. The van der Waals surface area contributed by atoms with Gasteiger partial charge in [-0.15, -0.1) is 0 Å². The monoisotopic (exact) mass is 170 g/mol. The molecule has 2 heteroatoms. The van der Waals surface area contributed by atoms with Crippen molar-refractivity contribution < 1.29 is 9.90 Å². The van der Waals surface area contributed by atoms with Crippen LogP contribution in [0.1, 0.15) is 40.0 Å². The van der Waals surface area contributed by atoms with Gasteiger partial charge in [0.25, 0.3) is 0 Å². The highest BCUT2D eigenvalue weighted by molar-refractivity contribution is 5.74. The van der Waals surface area contributed by atoms with Gasteiger partial charge in [0.05, 0.1) is 5.41 Å². The van der Waals surface area contributed by atoms with Gasteiger partial charge in [0.1, 0.15) is 0 Å². The van der Waals surface area contributed by atoms with E-state index in [1.54, 1.807) is 0 Å². The number of rotatable bonds is 2. The van der Waals surface area contributed by atoms with E-state index < -0.39 is 11.4 Å². The van der Waals surface area contributed by atoms with Gasteiger partial charge < -0.3 is 5.11 Å². The van der Waals surface area contributed by atoms with Gasteiger partial charge in [-0.25, -0.2) is 0 Å². The lowest BCUT2D eigenvalue weighted by molar-refractivity contribution is -0.150. The smallest absolute Gasteiger partial charge is 0.309 e. The fourth-order valence-corrected chi connectivity index (χ4v) is 2.04. The Hall–Kier alpha value is -0.530. The maximum absolute atomic E-state index is 10.9. The molecule has 0 aromatic carbocycles. The van der Waals surface area contributed by atoms with Gasteiger partial charge in [-0.05, 0) is 38.5 Å². The first-order valence-corrected chi connectivity index (χ1v) is 4.68. The Kier molecular flexibility index (Phi) is 2.45. The van der Waals surface area contributed by atoms with Crippen LogP contribution >= 0.6 is 0 Å². The summed E-state index contributed by atoms with van der Waals surface area (Å²) in [4.78, 5) is 10.9. The zero-order chi connectivity index (χ0) is 9.35. The molecule has 0 amide bonds. The molecule has 0 bridgehead atoms. The molecule has 0 heterocycles. The van der Waals surface area contributed by atoms with Gasteiger partial charge >= 0.3 is 5.97 Å². The third-order valence-corrected chi connectivity index (χ3v) is 3.27. The molecule has 1 aliphatic rings. The van der Waals surface area contributed by atoms with E-state index in [-0.39, 0.29) is 0 Å². The fourth-order valence-electron chi connectivity index (χ4n) is 2.04. The maximum atomic E-state index is 10.9. The first-order valence-electron chi connectivity index (χ1n) is 4.68. The van der Waals surface area contributed by atoms with E-state index in [1.165, 1.54) is 6.42 Å². The molecule has 0 aromatic rings. The average Bonchev–Trinajstić information content (AvgIpc) is 2.35. The van der Waals surface area contributed by atoms with E-state index in [0.717, 1.165) is 12.8 Å². The van der Waals surface area contributed by atoms with Crippen LogP contribution in [0, 0.1) is 17.3 Å². The Labute approximate surface area is 74.0 Å². The molecule has 2 atom stereocenters. The molecule has 2 nitrogen and oxygen atoms in total. The van der Waals surface area contributed by atoms with Crippen molar-refractivity contribution >= 4 is 5.97 Å². The Morgan fingerprint density at radius 1 is 1.42 bits per heavy atom. The molecule has 1 aliphatic carbocycles. The largest absolute Gasteiger partial charge is 0.481 e. The van der Waals surface area contributed by atoms with Crippen molar-refractivity contribution in [2.24, 2.45) is 17.3 Å². The van der Waals surface area contributed by atoms with Crippen molar-refractivity contribution in [2.45, 2.75) is 40.0 Å². The molecule has 1 fully saturated rings. The summed E-state index contributed by atoms with van der Waals surface area (Å²) in [6.07, 6.45) is 3.36. The van der Waals surface area contributed by atoms with E-state index in [9.17, 15) is 4.79 Å². The molecule has 0 aromatic heterocycles. The van der Waals surface area contributed by atoms with E-state index in [4.69, 9.17) is 5.11 Å². The molecule has 0 radical (unpaired) electrons.